The molecule has 0 bridgehead atoms. The monoisotopic (exact) mass is 761 g/mol. The van der Waals surface area contributed by atoms with Gasteiger partial charge in [-0.15, -0.1) is 0 Å². The number of aryl methyl sites for hydroxylation is 1. The molecule has 4 aliphatic rings. The molecule has 0 radical (unpaired) electrons. The number of hydrogen-bond acceptors (Lipinski definition) is 11. The first kappa shape index (κ1) is 37.4. The van der Waals surface area contributed by atoms with E-state index >= 15 is 0 Å². The molecule has 4 aromatic heterocycles. The number of hydrogen-bond donors (Lipinski definition) is 2. The van der Waals surface area contributed by atoms with E-state index in [0.717, 1.165) is 85.2 Å². The number of amides is 3. The summed E-state index contributed by atoms with van der Waals surface area (Å²) >= 11 is 0. The minimum absolute atomic E-state index is 0.0110. The van der Waals surface area contributed by atoms with E-state index in [-0.39, 0.29) is 23.6 Å². The van der Waals surface area contributed by atoms with Gasteiger partial charge in [0.2, 0.25) is 17.8 Å². The third kappa shape index (κ3) is 7.64. The number of pyridine rings is 1. The maximum Gasteiger partial charge on any atom is 0.270 e. The van der Waals surface area contributed by atoms with Gasteiger partial charge in [0, 0.05) is 76.8 Å². The molecule has 294 valence electrons. The van der Waals surface area contributed by atoms with E-state index in [4.69, 9.17) is 9.72 Å². The molecule has 4 fully saturated rings. The van der Waals surface area contributed by atoms with Crippen molar-refractivity contribution in [2.75, 3.05) is 57.5 Å². The molecule has 2 aliphatic carbocycles. The summed E-state index contributed by atoms with van der Waals surface area (Å²) in [4.78, 5) is 56.5. The number of fused-ring (bicyclic) bond motifs is 2. The highest BCUT2D eigenvalue weighted by molar-refractivity contribution is 6.03. The van der Waals surface area contributed by atoms with Crippen LogP contribution in [0.15, 0.2) is 48.8 Å². The van der Waals surface area contributed by atoms with E-state index in [1.54, 1.807) is 31.4 Å². The third-order valence-corrected chi connectivity index (χ3v) is 11.5. The highest BCUT2D eigenvalue weighted by atomic mass is 16.5. The number of para-hydroxylation sites is 1. The Morgan fingerprint density at radius 2 is 1.71 bits per heavy atom. The number of ether oxygens (including phenoxy) is 1. The van der Waals surface area contributed by atoms with Crippen LogP contribution in [0.1, 0.15) is 85.9 Å². The Bertz CT molecular complexity index is 2230. The zero-order valence-corrected chi connectivity index (χ0v) is 32.7. The van der Waals surface area contributed by atoms with Gasteiger partial charge in [0.15, 0.2) is 0 Å². The lowest BCUT2D eigenvalue weighted by molar-refractivity contribution is -0.134. The van der Waals surface area contributed by atoms with Crippen LogP contribution in [0.4, 0.5) is 17.5 Å². The predicted molar refractivity (Wildman–Crippen MR) is 214 cm³/mol. The SMILES string of the molecule is CN(C)C(=O)c1cc2cnc(Nc3ccc(OC4CCC4)cn3)nc2n1C1CCCC1.CN1CCN(c2cccc3c(C4CCC(=O)NC4=O)nn(C)c23)CC1. The predicted octanol–water partition coefficient (Wildman–Crippen LogP) is 5.16. The smallest absolute Gasteiger partial charge is 0.270 e. The summed E-state index contributed by atoms with van der Waals surface area (Å²) in [6.45, 7) is 4.03. The van der Waals surface area contributed by atoms with E-state index in [9.17, 15) is 14.4 Å². The molecule has 56 heavy (non-hydrogen) atoms. The van der Waals surface area contributed by atoms with Crippen molar-refractivity contribution in [3.63, 3.8) is 0 Å². The van der Waals surface area contributed by atoms with Gasteiger partial charge in [-0.3, -0.25) is 24.4 Å². The molecule has 1 aromatic carbocycles. The van der Waals surface area contributed by atoms with Gasteiger partial charge in [0.25, 0.3) is 5.91 Å². The Morgan fingerprint density at radius 3 is 2.39 bits per heavy atom. The molecule has 0 spiro atoms. The zero-order chi connectivity index (χ0) is 38.9. The molecular formula is C41H51N11O4. The third-order valence-electron chi connectivity index (χ3n) is 11.5. The number of nitrogens with zero attached hydrogens (tertiary/aromatic N) is 9. The number of aromatic nitrogens is 6. The Balaban J connectivity index is 0.000000161. The Labute approximate surface area is 326 Å². The summed E-state index contributed by atoms with van der Waals surface area (Å²) < 4.78 is 9.86. The second-order valence-corrected chi connectivity index (χ2v) is 15.7. The first-order valence-electron chi connectivity index (χ1n) is 19.8. The number of nitrogens with one attached hydrogen (secondary N) is 2. The lowest BCUT2D eigenvalue weighted by Gasteiger charge is -2.34. The van der Waals surface area contributed by atoms with E-state index in [1.165, 1.54) is 24.9 Å². The van der Waals surface area contributed by atoms with E-state index in [0.29, 0.717) is 42.4 Å². The molecular weight excluding hydrogens is 711 g/mol. The molecule has 5 aromatic rings. The van der Waals surface area contributed by atoms with Gasteiger partial charge >= 0.3 is 0 Å². The number of anilines is 3. The molecule has 15 nitrogen and oxygen atoms in total. The highest BCUT2D eigenvalue weighted by Crippen LogP contribution is 2.36. The van der Waals surface area contributed by atoms with E-state index in [2.05, 4.69) is 53.2 Å². The largest absolute Gasteiger partial charge is 0.489 e. The number of carbonyl (C=O) groups excluding carboxylic acids is 3. The van der Waals surface area contributed by atoms with Crippen LogP contribution in [0.3, 0.4) is 0 Å². The molecule has 2 N–H and O–H groups in total. The van der Waals surface area contributed by atoms with Gasteiger partial charge in [-0.05, 0) is 69.8 Å². The number of piperidine rings is 1. The molecule has 2 aliphatic heterocycles. The number of piperazine rings is 1. The van der Waals surface area contributed by atoms with Crippen molar-refractivity contribution < 1.29 is 19.1 Å². The highest BCUT2D eigenvalue weighted by Gasteiger charge is 2.33. The lowest BCUT2D eigenvalue weighted by Crippen LogP contribution is -2.44. The van der Waals surface area contributed by atoms with Gasteiger partial charge in [-0.2, -0.15) is 10.1 Å². The van der Waals surface area contributed by atoms with Crippen LogP contribution in [0, 0.1) is 0 Å². The molecule has 6 heterocycles. The molecule has 2 saturated carbocycles. The van der Waals surface area contributed by atoms with E-state index in [1.807, 2.05) is 42.1 Å². The van der Waals surface area contributed by atoms with Gasteiger partial charge in [0.05, 0.1) is 35.1 Å². The number of benzene rings is 1. The average molecular weight is 762 g/mol. The summed E-state index contributed by atoms with van der Waals surface area (Å²) in [5, 5.41) is 12.2. The Hall–Kier alpha value is -5.57. The van der Waals surface area contributed by atoms with Crippen LogP contribution in [0.25, 0.3) is 21.9 Å². The topological polar surface area (TPSA) is 156 Å². The van der Waals surface area contributed by atoms with Crippen molar-refractivity contribution in [2.24, 2.45) is 7.05 Å². The summed E-state index contributed by atoms with van der Waals surface area (Å²) in [6.07, 6.45) is 12.7. The fraction of sp³-hybridized carbons (Fsp3) is 0.488. The van der Waals surface area contributed by atoms with Crippen molar-refractivity contribution >= 4 is 57.1 Å². The van der Waals surface area contributed by atoms with E-state index < -0.39 is 0 Å². The molecule has 2 saturated heterocycles. The van der Waals surface area contributed by atoms with Crippen LogP contribution < -0.4 is 20.3 Å². The average Bonchev–Trinajstić information content (AvgIpc) is 3.92. The number of rotatable bonds is 8. The van der Waals surface area contributed by atoms with Crippen molar-refractivity contribution in [3.05, 3.63) is 60.2 Å². The van der Waals surface area contributed by atoms with Crippen molar-refractivity contribution in [3.8, 4) is 5.75 Å². The standard InChI is InChI=1S/C23H28N6O2.C18H23N5O2/c1-28(2)22(30)19-12-15-13-25-23(27-21(15)29(19)16-6-3-4-7-16)26-20-11-10-18(14-24-20)31-17-8-5-9-17;1-21-8-10-23(11-9-21)14-5-3-4-12-16(20-22(2)17(12)14)13-6-7-15(24)19-18(13)25/h10-14,16-17H,3-9H2,1-2H3,(H,24,25,26,27);3-5,13H,6-11H2,1-2H3,(H,19,24,25). The Kier molecular flexibility index (Phi) is 10.6. The fourth-order valence-electron chi connectivity index (χ4n) is 8.17. The maximum absolute atomic E-state index is 12.8. The summed E-state index contributed by atoms with van der Waals surface area (Å²) in [7, 11) is 7.63. The first-order chi connectivity index (χ1) is 27.1. The molecule has 3 amide bonds. The zero-order valence-electron chi connectivity index (χ0n) is 32.7. The minimum Gasteiger partial charge on any atom is -0.489 e. The Morgan fingerprint density at radius 1 is 0.929 bits per heavy atom. The summed E-state index contributed by atoms with van der Waals surface area (Å²) in [5.74, 6) is 1.11. The number of carbonyl (C=O) groups is 3. The summed E-state index contributed by atoms with van der Waals surface area (Å²) in [6, 6.07) is 12.2. The number of imide groups is 1. The van der Waals surface area contributed by atoms with Gasteiger partial charge in [0.1, 0.15) is 22.9 Å². The van der Waals surface area contributed by atoms with Gasteiger partial charge < -0.3 is 29.3 Å². The van der Waals surface area contributed by atoms with Crippen LogP contribution in [-0.4, -0.2) is 110 Å². The van der Waals surface area contributed by atoms with Gasteiger partial charge in [-0.25, -0.2) is 9.97 Å². The molecule has 15 heteroatoms. The molecule has 9 rings (SSSR count). The van der Waals surface area contributed by atoms with Crippen LogP contribution in [0.5, 0.6) is 5.75 Å². The lowest BCUT2D eigenvalue weighted by atomic mass is 9.92. The molecule has 1 atom stereocenters. The van der Waals surface area contributed by atoms with Crippen molar-refractivity contribution in [1.29, 1.82) is 0 Å². The first-order valence-corrected chi connectivity index (χ1v) is 19.8. The molecule has 1 unspecified atom stereocenters. The fourth-order valence-corrected chi connectivity index (χ4v) is 8.17. The van der Waals surface area contributed by atoms with Crippen molar-refractivity contribution in [2.45, 2.75) is 75.9 Å². The summed E-state index contributed by atoms with van der Waals surface area (Å²) in [5.41, 5.74) is 4.47. The number of likely N-dealkylation sites (N-methyl/N-ethyl adjacent to an activating group) is 1. The second kappa shape index (κ2) is 15.9. The minimum atomic E-state index is -0.357. The maximum atomic E-state index is 12.8. The second-order valence-electron chi connectivity index (χ2n) is 15.7. The van der Waals surface area contributed by atoms with Crippen LogP contribution in [-0.2, 0) is 16.6 Å². The normalized spacial score (nSPS) is 19.4. The van der Waals surface area contributed by atoms with Crippen LogP contribution >= 0.6 is 0 Å². The van der Waals surface area contributed by atoms with Crippen molar-refractivity contribution in [1.82, 2.24) is 44.4 Å². The quantitative estimate of drug-likeness (QED) is 0.202. The van der Waals surface area contributed by atoms with Gasteiger partial charge in [-0.1, -0.05) is 25.0 Å². The van der Waals surface area contributed by atoms with Crippen LogP contribution in [0.2, 0.25) is 0 Å².